The summed E-state index contributed by atoms with van der Waals surface area (Å²) in [6.07, 6.45) is 6.26. The van der Waals surface area contributed by atoms with Crippen molar-refractivity contribution in [2.24, 2.45) is 10.7 Å². The van der Waals surface area contributed by atoms with Crippen LogP contribution in [0.25, 0.3) is 6.08 Å². The van der Waals surface area contributed by atoms with E-state index in [1.165, 1.54) is 18.3 Å². The lowest BCUT2D eigenvalue weighted by Gasteiger charge is -2.28. The van der Waals surface area contributed by atoms with Gasteiger partial charge in [0.1, 0.15) is 12.1 Å². The van der Waals surface area contributed by atoms with Gasteiger partial charge >= 0.3 is 0 Å². The molecule has 0 aliphatic carbocycles. The van der Waals surface area contributed by atoms with Crippen LogP contribution in [0.1, 0.15) is 38.7 Å². The second-order valence-electron chi connectivity index (χ2n) is 7.48. The number of pyridine rings is 1. The number of anilines is 1. The number of hydrogen-bond donors (Lipinski definition) is 3. The molecule has 1 aliphatic heterocycles. The van der Waals surface area contributed by atoms with Crippen molar-refractivity contribution in [3.8, 4) is 0 Å². The predicted octanol–water partition coefficient (Wildman–Crippen LogP) is 3.10. The largest absolute Gasteiger partial charge is 0.387 e. The number of aromatic nitrogens is 1. The Morgan fingerprint density at radius 1 is 1.23 bits per heavy atom. The Morgan fingerprint density at radius 3 is 2.61 bits per heavy atom. The summed E-state index contributed by atoms with van der Waals surface area (Å²) in [5, 5.41) is 10.9. The first-order chi connectivity index (χ1) is 14.8. The Balaban J connectivity index is 1.93. The average Bonchev–Trinajstić information content (AvgIpc) is 2.90. The highest BCUT2D eigenvalue weighted by Crippen LogP contribution is 2.31. The molecule has 1 aromatic heterocycles. The second-order valence-corrected chi connectivity index (χ2v) is 9.16. The van der Waals surface area contributed by atoms with Crippen molar-refractivity contribution in [2.75, 3.05) is 17.8 Å². The normalized spacial score (nSPS) is 15.0. The first kappa shape index (κ1) is 22.9. The molecule has 0 amide bonds. The van der Waals surface area contributed by atoms with E-state index in [9.17, 15) is 13.5 Å². The van der Waals surface area contributed by atoms with Crippen LogP contribution in [0, 0.1) is 0 Å². The Kier molecular flexibility index (Phi) is 7.42. The molecule has 1 atom stereocenters. The lowest BCUT2D eigenvalue weighted by Crippen LogP contribution is -2.38. The molecule has 1 aromatic carbocycles. The van der Waals surface area contributed by atoms with Gasteiger partial charge in [-0.05, 0) is 48.8 Å². The van der Waals surface area contributed by atoms with Crippen molar-refractivity contribution < 1.29 is 13.5 Å². The third kappa shape index (κ3) is 5.69. The van der Waals surface area contributed by atoms with Crippen LogP contribution in [-0.4, -0.2) is 48.6 Å². The molecular weight excluding hydrogens is 414 g/mol. The van der Waals surface area contributed by atoms with E-state index in [0.29, 0.717) is 29.2 Å². The zero-order chi connectivity index (χ0) is 22.4. The van der Waals surface area contributed by atoms with Gasteiger partial charge in [-0.2, -0.15) is 0 Å². The predicted molar refractivity (Wildman–Crippen MR) is 124 cm³/mol. The van der Waals surface area contributed by atoms with Gasteiger partial charge in [-0.25, -0.2) is 13.4 Å². The standard InChI is InChI=1S/C22H29N5O3S/c1-3-10-27(11-4-2)22(28)17-12-16-7-8-19(14-20(16)25-21(23)13-17)31(29,30)26-18-6-5-9-24-15-18/h5-9,12,14-15,22,26,28H,3-4,10-11,13H2,1-2H3,(H2,23,25). The minimum absolute atomic E-state index is 0.0719. The summed E-state index contributed by atoms with van der Waals surface area (Å²) in [4.78, 5) is 10.4. The van der Waals surface area contributed by atoms with Crippen LogP contribution >= 0.6 is 0 Å². The highest BCUT2D eigenvalue weighted by Gasteiger charge is 2.23. The molecule has 2 aromatic rings. The molecule has 0 saturated heterocycles. The summed E-state index contributed by atoms with van der Waals surface area (Å²) < 4.78 is 28.1. The van der Waals surface area contributed by atoms with Gasteiger partial charge in [-0.3, -0.25) is 14.6 Å². The summed E-state index contributed by atoms with van der Waals surface area (Å²) in [6.45, 7) is 5.69. The summed E-state index contributed by atoms with van der Waals surface area (Å²) in [5.74, 6) is 0.326. The molecule has 166 valence electrons. The molecule has 4 N–H and O–H groups in total. The number of sulfonamides is 1. The number of nitrogens with zero attached hydrogens (tertiary/aromatic N) is 3. The number of aliphatic hydroxyl groups is 1. The number of hydrogen-bond acceptors (Lipinski definition) is 7. The third-order valence-electron chi connectivity index (χ3n) is 4.92. The van der Waals surface area contributed by atoms with E-state index in [4.69, 9.17) is 5.73 Å². The van der Waals surface area contributed by atoms with Crippen LogP contribution in [0.2, 0.25) is 0 Å². The van der Waals surface area contributed by atoms with Gasteiger partial charge in [0, 0.05) is 31.3 Å². The summed E-state index contributed by atoms with van der Waals surface area (Å²) in [5.41, 5.74) is 8.39. The number of fused-ring (bicyclic) bond motifs is 1. The summed E-state index contributed by atoms with van der Waals surface area (Å²) in [6, 6.07) is 7.97. The molecule has 3 rings (SSSR count). The Hall–Kier alpha value is -2.75. The SMILES string of the molecule is CCCN(CCC)C(O)C1=Cc2ccc(S(=O)(=O)Nc3cccnc3)cc2N=C(N)C1. The maximum atomic E-state index is 12.8. The average molecular weight is 444 g/mol. The zero-order valence-electron chi connectivity index (χ0n) is 17.8. The molecule has 2 heterocycles. The number of rotatable bonds is 9. The number of amidine groups is 1. The number of benzene rings is 1. The Morgan fingerprint density at radius 2 is 1.97 bits per heavy atom. The highest BCUT2D eigenvalue weighted by molar-refractivity contribution is 7.92. The van der Waals surface area contributed by atoms with Gasteiger partial charge in [0.25, 0.3) is 10.0 Å². The molecule has 1 unspecified atom stereocenters. The molecule has 0 saturated carbocycles. The molecule has 0 bridgehead atoms. The van der Waals surface area contributed by atoms with E-state index in [1.54, 1.807) is 24.4 Å². The molecule has 31 heavy (non-hydrogen) atoms. The first-order valence-corrected chi connectivity index (χ1v) is 11.8. The van der Waals surface area contributed by atoms with Gasteiger partial charge in [0.05, 0.1) is 22.5 Å². The molecular formula is C22H29N5O3S. The maximum absolute atomic E-state index is 12.8. The van der Waals surface area contributed by atoms with Crippen LogP contribution in [0.15, 0.2) is 58.2 Å². The molecule has 0 radical (unpaired) electrons. The fraction of sp³-hybridized carbons (Fsp3) is 0.364. The number of nitrogens with two attached hydrogens (primary N) is 1. The van der Waals surface area contributed by atoms with Crippen LogP contribution in [0.4, 0.5) is 11.4 Å². The van der Waals surface area contributed by atoms with E-state index >= 15 is 0 Å². The van der Waals surface area contributed by atoms with Crippen molar-refractivity contribution in [1.29, 1.82) is 0 Å². The van der Waals surface area contributed by atoms with Crippen molar-refractivity contribution in [1.82, 2.24) is 9.88 Å². The van der Waals surface area contributed by atoms with Gasteiger partial charge in [-0.1, -0.05) is 19.9 Å². The number of nitrogens with one attached hydrogen (secondary N) is 1. The van der Waals surface area contributed by atoms with Crippen LogP contribution in [0.3, 0.4) is 0 Å². The van der Waals surface area contributed by atoms with Crippen LogP contribution in [0.5, 0.6) is 0 Å². The lowest BCUT2D eigenvalue weighted by molar-refractivity contribution is 0.0323. The Bertz CT molecular complexity index is 1060. The minimum atomic E-state index is -3.81. The summed E-state index contributed by atoms with van der Waals surface area (Å²) in [7, 11) is -3.81. The van der Waals surface area contributed by atoms with E-state index in [0.717, 1.165) is 31.5 Å². The van der Waals surface area contributed by atoms with Crippen molar-refractivity contribution in [2.45, 2.75) is 44.2 Å². The highest BCUT2D eigenvalue weighted by atomic mass is 32.2. The van der Waals surface area contributed by atoms with E-state index < -0.39 is 16.3 Å². The van der Waals surface area contributed by atoms with Crippen LogP contribution < -0.4 is 10.5 Å². The van der Waals surface area contributed by atoms with Gasteiger partial charge in [0.15, 0.2) is 0 Å². The minimum Gasteiger partial charge on any atom is -0.387 e. The number of aliphatic hydroxyl groups excluding tert-OH is 1. The van der Waals surface area contributed by atoms with Gasteiger partial charge < -0.3 is 10.8 Å². The summed E-state index contributed by atoms with van der Waals surface area (Å²) >= 11 is 0. The third-order valence-corrected chi connectivity index (χ3v) is 6.29. The van der Waals surface area contributed by atoms with E-state index in [1.807, 2.05) is 11.0 Å². The quantitative estimate of drug-likeness (QED) is 0.512. The monoisotopic (exact) mass is 443 g/mol. The maximum Gasteiger partial charge on any atom is 0.262 e. The Labute approximate surface area is 183 Å². The molecule has 0 fully saturated rings. The van der Waals surface area contributed by atoms with E-state index in [2.05, 4.69) is 28.5 Å². The molecule has 8 nitrogen and oxygen atoms in total. The molecule has 0 spiro atoms. The first-order valence-electron chi connectivity index (χ1n) is 10.4. The van der Waals surface area contributed by atoms with Crippen molar-refractivity contribution in [3.63, 3.8) is 0 Å². The zero-order valence-corrected chi connectivity index (χ0v) is 18.6. The topological polar surface area (TPSA) is 121 Å². The van der Waals surface area contributed by atoms with Gasteiger partial charge in [0.2, 0.25) is 0 Å². The van der Waals surface area contributed by atoms with E-state index in [-0.39, 0.29) is 4.90 Å². The smallest absolute Gasteiger partial charge is 0.262 e. The lowest BCUT2D eigenvalue weighted by atomic mass is 10.1. The number of aliphatic imine (C=N–C) groups is 1. The fourth-order valence-corrected chi connectivity index (χ4v) is 4.59. The fourth-order valence-electron chi connectivity index (χ4n) is 3.53. The van der Waals surface area contributed by atoms with Crippen molar-refractivity contribution >= 4 is 33.3 Å². The van der Waals surface area contributed by atoms with Gasteiger partial charge in [-0.15, -0.1) is 0 Å². The molecule has 9 heteroatoms. The van der Waals surface area contributed by atoms with Crippen molar-refractivity contribution in [3.05, 3.63) is 53.9 Å². The van der Waals surface area contributed by atoms with Crippen LogP contribution in [-0.2, 0) is 10.0 Å². The second kappa shape index (κ2) is 10.0. The molecule has 1 aliphatic rings.